The number of carbonyl (C=O) groups is 1. The summed E-state index contributed by atoms with van der Waals surface area (Å²) in [7, 11) is 0. The third-order valence-corrected chi connectivity index (χ3v) is 4.71. The fourth-order valence-corrected chi connectivity index (χ4v) is 3.48. The van der Waals surface area contributed by atoms with Gasteiger partial charge in [-0.2, -0.15) is 0 Å². The smallest absolute Gasteiger partial charge is 0.261 e. The zero-order valence-electron chi connectivity index (χ0n) is 14.4. The van der Waals surface area contributed by atoms with E-state index in [0.717, 1.165) is 12.0 Å². The summed E-state index contributed by atoms with van der Waals surface area (Å²) in [6.07, 6.45) is 4.44. The van der Waals surface area contributed by atoms with Gasteiger partial charge in [0, 0.05) is 18.9 Å². The van der Waals surface area contributed by atoms with E-state index in [4.69, 9.17) is 4.74 Å². The van der Waals surface area contributed by atoms with Crippen LogP contribution in [0.5, 0.6) is 5.75 Å². The Kier molecular flexibility index (Phi) is 4.65. The van der Waals surface area contributed by atoms with Crippen molar-refractivity contribution in [2.45, 2.75) is 12.5 Å². The van der Waals surface area contributed by atoms with Crippen molar-refractivity contribution in [2.24, 2.45) is 0 Å². The third kappa shape index (κ3) is 3.31. The van der Waals surface area contributed by atoms with E-state index in [2.05, 4.69) is 23.2 Å². The summed E-state index contributed by atoms with van der Waals surface area (Å²) in [6.45, 7) is 0.705. The summed E-state index contributed by atoms with van der Waals surface area (Å²) in [5, 5.41) is 0. The molecule has 1 atom stereocenters. The normalized spacial score (nSPS) is 16.0. The van der Waals surface area contributed by atoms with Gasteiger partial charge >= 0.3 is 0 Å². The number of ether oxygens (including phenoxy) is 1. The zero-order valence-corrected chi connectivity index (χ0v) is 14.4. The molecule has 1 aromatic heterocycles. The average Bonchev–Trinajstić information content (AvgIpc) is 2.72. The van der Waals surface area contributed by atoms with Crippen LogP contribution in [0.25, 0.3) is 0 Å². The number of nitrogens with zero attached hydrogens (tertiary/aromatic N) is 2. The molecule has 1 aliphatic rings. The minimum absolute atomic E-state index is 0.0165. The maximum Gasteiger partial charge on any atom is 0.261 e. The van der Waals surface area contributed by atoms with Crippen molar-refractivity contribution >= 4 is 5.91 Å². The molecule has 1 amide bonds. The Morgan fingerprint density at radius 2 is 1.85 bits per heavy atom. The number of fused-ring (bicyclic) bond motifs is 1. The molecule has 1 unspecified atom stereocenters. The van der Waals surface area contributed by atoms with Crippen LogP contribution in [-0.4, -0.2) is 28.9 Å². The van der Waals surface area contributed by atoms with E-state index in [9.17, 15) is 4.79 Å². The summed E-state index contributed by atoms with van der Waals surface area (Å²) in [5.41, 5.74) is 3.47. The lowest BCUT2D eigenvalue weighted by Crippen LogP contribution is -2.42. The van der Waals surface area contributed by atoms with Gasteiger partial charge in [-0.1, -0.05) is 48.5 Å². The summed E-state index contributed by atoms with van der Waals surface area (Å²) in [5.74, 6) is 0.688. The number of para-hydroxylation sites is 1. The Labute approximate surface area is 153 Å². The maximum absolute atomic E-state index is 12.9. The van der Waals surface area contributed by atoms with Crippen LogP contribution in [0.2, 0.25) is 0 Å². The molecular weight excluding hydrogens is 324 g/mol. The van der Waals surface area contributed by atoms with Gasteiger partial charge in [0.15, 0.2) is 6.61 Å². The molecule has 2 heterocycles. The molecule has 2 aromatic carbocycles. The Bertz CT molecular complexity index is 881. The monoisotopic (exact) mass is 344 g/mol. The van der Waals surface area contributed by atoms with Crippen LogP contribution < -0.4 is 4.74 Å². The van der Waals surface area contributed by atoms with Crippen molar-refractivity contribution < 1.29 is 9.53 Å². The summed E-state index contributed by atoms with van der Waals surface area (Å²) in [6, 6.07) is 21.6. The van der Waals surface area contributed by atoms with Crippen molar-refractivity contribution in [3.05, 3.63) is 95.8 Å². The van der Waals surface area contributed by atoms with Crippen LogP contribution in [0.1, 0.15) is 22.7 Å². The quantitative estimate of drug-likeness (QED) is 0.726. The van der Waals surface area contributed by atoms with Crippen molar-refractivity contribution in [3.8, 4) is 5.75 Å². The Balaban J connectivity index is 1.61. The third-order valence-electron chi connectivity index (χ3n) is 4.71. The predicted octanol–water partition coefficient (Wildman–Crippen LogP) is 3.63. The Morgan fingerprint density at radius 3 is 2.65 bits per heavy atom. The SMILES string of the molecule is O=C(COc1ccccc1)N1CCc2ccccc2C1c1cccnc1. The number of amides is 1. The van der Waals surface area contributed by atoms with Gasteiger partial charge in [-0.3, -0.25) is 9.78 Å². The summed E-state index contributed by atoms with van der Waals surface area (Å²) < 4.78 is 5.69. The lowest BCUT2D eigenvalue weighted by atomic mass is 9.89. The second-order valence-electron chi connectivity index (χ2n) is 6.33. The van der Waals surface area contributed by atoms with Crippen LogP contribution >= 0.6 is 0 Å². The molecule has 0 spiro atoms. The molecule has 0 radical (unpaired) electrons. The van der Waals surface area contributed by atoms with E-state index in [1.54, 1.807) is 6.20 Å². The standard InChI is InChI=1S/C22H20N2O2/c25-21(16-26-19-9-2-1-3-10-19)24-14-12-17-7-4-5-11-20(17)22(24)18-8-6-13-23-15-18/h1-11,13,15,22H,12,14,16H2. The van der Waals surface area contributed by atoms with E-state index < -0.39 is 0 Å². The summed E-state index contributed by atoms with van der Waals surface area (Å²) in [4.78, 5) is 19.1. The van der Waals surface area contributed by atoms with Crippen LogP contribution in [0.15, 0.2) is 79.1 Å². The molecule has 0 N–H and O–H groups in total. The van der Waals surface area contributed by atoms with E-state index in [1.165, 1.54) is 11.1 Å². The molecule has 0 bridgehead atoms. The molecule has 4 nitrogen and oxygen atoms in total. The van der Waals surface area contributed by atoms with Crippen molar-refractivity contribution in [1.82, 2.24) is 9.88 Å². The van der Waals surface area contributed by atoms with E-state index in [0.29, 0.717) is 12.3 Å². The van der Waals surface area contributed by atoms with Crippen LogP contribution in [0.4, 0.5) is 0 Å². The van der Waals surface area contributed by atoms with Crippen molar-refractivity contribution in [2.75, 3.05) is 13.2 Å². The fraction of sp³-hybridized carbons (Fsp3) is 0.182. The minimum atomic E-state index is -0.125. The second kappa shape index (κ2) is 7.40. The molecule has 0 fully saturated rings. The molecule has 130 valence electrons. The van der Waals surface area contributed by atoms with Gasteiger partial charge < -0.3 is 9.64 Å². The van der Waals surface area contributed by atoms with Crippen molar-refractivity contribution in [3.63, 3.8) is 0 Å². The van der Waals surface area contributed by atoms with Gasteiger partial charge in [0.05, 0.1) is 6.04 Å². The first-order valence-electron chi connectivity index (χ1n) is 8.78. The average molecular weight is 344 g/mol. The van der Waals surface area contributed by atoms with Gasteiger partial charge in [-0.05, 0) is 41.3 Å². The number of rotatable bonds is 4. The number of pyridine rings is 1. The molecule has 26 heavy (non-hydrogen) atoms. The zero-order chi connectivity index (χ0) is 17.8. The van der Waals surface area contributed by atoms with Gasteiger partial charge in [0.2, 0.25) is 0 Å². The van der Waals surface area contributed by atoms with Crippen LogP contribution in [0.3, 0.4) is 0 Å². The van der Waals surface area contributed by atoms with Crippen molar-refractivity contribution in [1.29, 1.82) is 0 Å². The maximum atomic E-state index is 12.9. The van der Waals surface area contributed by atoms with E-state index in [-0.39, 0.29) is 18.6 Å². The summed E-state index contributed by atoms with van der Waals surface area (Å²) >= 11 is 0. The first-order valence-corrected chi connectivity index (χ1v) is 8.78. The van der Waals surface area contributed by atoms with Gasteiger partial charge in [-0.15, -0.1) is 0 Å². The van der Waals surface area contributed by atoms with Crippen LogP contribution in [0, 0.1) is 0 Å². The lowest BCUT2D eigenvalue weighted by molar-refractivity contribution is -0.135. The van der Waals surface area contributed by atoms with E-state index in [1.807, 2.05) is 59.6 Å². The molecule has 0 saturated heterocycles. The van der Waals surface area contributed by atoms with E-state index >= 15 is 0 Å². The highest BCUT2D eigenvalue weighted by Gasteiger charge is 2.32. The number of hydrogen-bond donors (Lipinski definition) is 0. The molecular formula is C22H20N2O2. The lowest BCUT2D eigenvalue weighted by Gasteiger charge is -2.37. The molecule has 4 rings (SSSR count). The highest BCUT2D eigenvalue weighted by Crippen LogP contribution is 2.34. The number of carbonyl (C=O) groups excluding carboxylic acids is 1. The fourth-order valence-electron chi connectivity index (χ4n) is 3.48. The molecule has 4 heteroatoms. The number of benzene rings is 2. The van der Waals surface area contributed by atoms with Gasteiger partial charge in [-0.25, -0.2) is 0 Å². The molecule has 3 aromatic rings. The molecule has 1 aliphatic heterocycles. The highest BCUT2D eigenvalue weighted by atomic mass is 16.5. The second-order valence-corrected chi connectivity index (χ2v) is 6.33. The minimum Gasteiger partial charge on any atom is -0.484 e. The van der Waals surface area contributed by atoms with Crippen LogP contribution in [-0.2, 0) is 11.2 Å². The Morgan fingerprint density at radius 1 is 1.04 bits per heavy atom. The highest BCUT2D eigenvalue weighted by molar-refractivity contribution is 5.79. The predicted molar refractivity (Wildman–Crippen MR) is 99.9 cm³/mol. The van der Waals surface area contributed by atoms with Gasteiger partial charge in [0.1, 0.15) is 5.75 Å². The topological polar surface area (TPSA) is 42.4 Å². The first kappa shape index (κ1) is 16.3. The first-order chi connectivity index (χ1) is 12.8. The largest absolute Gasteiger partial charge is 0.484 e. The molecule has 0 saturated carbocycles. The number of hydrogen-bond acceptors (Lipinski definition) is 3. The Hall–Kier alpha value is -3.14. The number of aromatic nitrogens is 1. The molecule has 0 aliphatic carbocycles. The van der Waals surface area contributed by atoms with Gasteiger partial charge in [0.25, 0.3) is 5.91 Å².